The molecule has 0 radical (unpaired) electrons. The number of hydrogen-bond acceptors (Lipinski definition) is 4. The van der Waals surface area contributed by atoms with E-state index in [4.69, 9.17) is 5.73 Å². The van der Waals surface area contributed by atoms with Crippen molar-refractivity contribution in [2.45, 2.75) is 0 Å². The molecule has 1 aromatic heterocycles. The van der Waals surface area contributed by atoms with Gasteiger partial charge in [0.1, 0.15) is 6.26 Å². The normalized spacial score (nSPS) is 10.2. The molecule has 0 spiro atoms. The van der Waals surface area contributed by atoms with Crippen LogP contribution in [0.2, 0.25) is 0 Å². The van der Waals surface area contributed by atoms with E-state index in [1.165, 1.54) is 12.3 Å². The molecule has 0 aliphatic heterocycles. The largest absolute Gasteiger partial charge is 0.398 e. The molecule has 5 nitrogen and oxygen atoms in total. The smallest absolute Gasteiger partial charge is 0.259 e. The van der Waals surface area contributed by atoms with Crippen LogP contribution in [0.1, 0.15) is 10.4 Å². The second-order valence-corrected chi connectivity index (χ2v) is 3.19. The number of nitrogens with two attached hydrogens (primary N) is 1. The van der Waals surface area contributed by atoms with Gasteiger partial charge in [-0.15, -0.1) is 0 Å². The third-order valence-electron chi connectivity index (χ3n) is 2.02. The number of halogens is 2. The van der Waals surface area contributed by atoms with Crippen molar-refractivity contribution in [2.75, 3.05) is 11.1 Å². The molecule has 0 fully saturated rings. The minimum Gasteiger partial charge on any atom is -0.398 e. The number of amides is 1. The molecule has 0 saturated carbocycles. The van der Waals surface area contributed by atoms with Crippen molar-refractivity contribution in [1.82, 2.24) is 5.16 Å². The molecule has 7 heteroatoms. The number of aromatic nitrogens is 1. The lowest BCUT2D eigenvalue weighted by atomic mass is 10.1. The summed E-state index contributed by atoms with van der Waals surface area (Å²) in [5.74, 6) is -2.81. The van der Waals surface area contributed by atoms with Gasteiger partial charge in [0.25, 0.3) is 5.91 Å². The molecule has 0 unspecified atom stereocenters. The number of carbonyl (C=O) groups excluding carboxylic acids is 1. The highest BCUT2D eigenvalue weighted by Crippen LogP contribution is 2.18. The Morgan fingerprint density at radius 2 is 2.06 bits per heavy atom. The van der Waals surface area contributed by atoms with Crippen molar-refractivity contribution < 1.29 is 18.1 Å². The van der Waals surface area contributed by atoms with Crippen LogP contribution in [-0.2, 0) is 0 Å². The van der Waals surface area contributed by atoms with E-state index in [0.29, 0.717) is 0 Å². The van der Waals surface area contributed by atoms with Gasteiger partial charge in [0, 0.05) is 17.8 Å². The predicted molar refractivity (Wildman–Crippen MR) is 55.2 cm³/mol. The molecule has 2 rings (SSSR count). The summed E-state index contributed by atoms with van der Waals surface area (Å²) >= 11 is 0. The summed E-state index contributed by atoms with van der Waals surface area (Å²) in [5.41, 5.74) is 5.07. The van der Waals surface area contributed by atoms with Crippen molar-refractivity contribution >= 4 is 17.4 Å². The van der Waals surface area contributed by atoms with Crippen LogP contribution in [-0.4, -0.2) is 11.1 Å². The van der Waals surface area contributed by atoms with Gasteiger partial charge in [-0.3, -0.25) is 4.79 Å². The SMILES string of the molecule is Nc1cc(F)c(F)cc1C(=O)Nc1ccon1. The summed E-state index contributed by atoms with van der Waals surface area (Å²) in [6.45, 7) is 0. The zero-order valence-electron chi connectivity index (χ0n) is 8.41. The Balaban J connectivity index is 2.28. The Morgan fingerprint density at radius 1 is 1.35 bits per heavy atom. The molecule has 0 bridgehead atoms. The summed E-state index contributed by atoms with van der Waals surface area (Å²) in [6, 6.07) is 2.86. The number of hydrogen-bond donors (Lipinski definition) is 2. The fraction of sp³-hybridized carbons (Fsp3) is 0. The number of carbonyl (C=O) groups is 1. The number of benzene rings is 1. The molecule has 0 aliphatic rings. The maximum Gasteiger partial charge on any atom is 0.259 e. The zero-order chi connectivity index (χ0) is 12.4. The van der Waals surface area contributed by atoms with Crippen LogP contribution in [0, 0.1) is 11.6 Å². The Hall–Kier alpha value is -2.44. The maximum absolute atomic E-state index is 13.0. The van der Waals surface area contributed by atoms with Crippen LogP contribution in [0.3, 0.4) is 0 Å². The first kappa shape index (κ1) is 11.1. The highest BCUT2D eigenvalue weighted by atomic mass is 19.2. The maximum atomic E-state index is 13.0. The summed E-state index contributed by atoms with van der Waals surface area (Å²) in [4.78, 5) is 11.6. The van der Waals surface area contributed by atoms with E-state index < -0.39 is 17.5 Å². The predicted octanol–water partition coefficient (Wildman–Crippen LogP) is 1.79. The van der Waals surface area contributed by atoms with E-state index in [1.54, 1.807) is 0 Å². The van der Waals surface area contributed by atoms with Crippen LogP contribution in [0.15, 0.2) is 29.0 Å². The first-order chi connectivity index (χ1) is 8.08. The second-order valence-electron chi connectivity index (χ2n) is 3.19. The summed E-state index contributed by atoms with van der Waals surface area (Å²) < 4.78 is 30.2. The topological polar surface area (TPSA) is 81.2 Å². The molecule has 1 aromatic carbocycles. The molecule has 1 heterocycles. The number of nitrogens with one attached hydrogen (secondary N) is 1. The van der Waals surface area contributed by atoms with Gasteiger partial charge in [0.15, 0.2) is 17.5 Å². The molecule has 1 amide bonds. The Kier molecular flexibility index (Phi) is 2.73. The second kappa shape index (κ2) is 4.20. The molecule has 0 atom stereocenters. The lowest BCUT2D eigenvalue weighted by molar-refractivity contribution is 0.102. The average molecular weight is 239 g/mol. The van der Waals surface area contributed by atoms with Crippen molar-refractivity contribution in [2.24, 2.45) is 0 Å². The van der Waals surface area contributed by atoms with E-state index in [0.717, 1.165) is 12.1 Å². The van der Waals surface area contributed by atoms with Crippen LogP contribution in [0.4, 0.5) is 20.3 Å². The van der Waals surface area contributed by atoms with E-state index in [1.807, 2.05) is 0 Å². The van der Waals surface area contributed by atoms with Crippen LogP contribution < -0.4 is 11.1 Å². The summed E-state index contributed by atoms with van der Waals surface area (Å²) in [6.07, 6.45) is 1.25. The lowest BCUT2D eigenvalue weighted by Crippen LogP contribution is -2.15. The van der Waals surface area contributed by atoms with Crippen LogP contribution in [0.25, 0.3) is 0 Å². The minimum atomic E-state index is -1.15. The minimum absolute atomic E-state index is 0.152. The highest BCUT2D eigenvalue weighted by molar-refractivity contribution is 6.07. The number of rotatable bonds is 2. The van der Waals surface area contributed by atoms with Crippen molar-refractivity contribution in [1.29, 1.82) is 0 Å². The van der Waals surface area contributed by atoms with Gasteiger partial charge < -0.3 is 15.6 Å². The number of anilines is 2. The molecule has 0 aliphatic carbocycles. The fourth-order valence-electron chi connectivity index (χ4n) is 1.22. The molecule has 2 aromatic rings. The van der Waals surface area contributed by atoms with E-state index in [-0.39, 0.29) is 17.1 Å². The lowest BCUT2D eigenvalue weighted by Gasteiger charge is -2.05. The zero-order valence-corrected chi connectivity index (χ0v) is 8.41. The number of nitrogen functional groups attached to an aromatic ring is 1. The summed E-state index contributed by atoms with van der Waals surface area (Å²) in [7, 11) is 0. The van der Waals surface area contributed by atoms with Crippen molar-refractivity contribution in [3.05, 3.63) is 41.7 Å². The van der Waals surface area contributed by atoms with Crippen LogP contribution >= 0.6 is 0 Å². The van der Waals surface area contributed by atoms with Crippen LogP contribution in [0.5, 0.6) is 0 Å². The van der Waals surface area contributed by atoms with Gasteiger partial charge in [-0.2, -0.15) is 0 Å². The fourth-order valence-corrected chi connectivity index (χ4v) is 1.22. The molecule has 0 saturated heterocycles. The third-order valence-corrected chi connectivity index (χ3v) is 2.02. The monoisotopic (exact) mass is 239 g/mol. The van der Waals surface area contributed by atoms with Gasteiger partial charge >= 0.3 is 0 Å². The van der Waals surface area contributed by atoms with Crippen molar-refractivity contribution in [3.8, 4) is 0 Å². The molecule has 3 N–H and O–H groups in total. The molecular formula is C10H7F2N3O2. The van der Waals surface area contributed by atoms with Gasteiger partial charge in [0.2, 0.25) is 0 Å². The molecular weight excluding hydrogens is 232 g/mol. The average Bonchev–Trinajstić information content (AvgIpc) is 2.76. The van der Waals surface area contributed by atoms with E-state index >= 15 is 0 Å². The third kappa shape index (κ3) is 2.22. The van der Waals surface area contributed by atoms with E-state index in [2.05, 4.69) is 15.0 Å². The summed E-state index contributed by atoms with van der Waals surface area (Å²) in [5, 5.41) is 5.75. The highest BCUT2D eigenvalue weighted by Gasteiger charge is 2.15. The Labute approximate surface area is 94.2 Å². The van der Waals surface area contributed by atoms with Gasteiger partial charge in [-0.05, 0) is 6.07 Å². The Bertz CT molecular complexity index is 555. The van der Waals surface area contributed by atoms with Gasteiger partial charge in [-0.1, -0.05) is 5.16 Å². The van der Waals surface area contributed by atoms with Crippen molar-refractivity contribution in [3.63, 3.8) is 0 Å². The number of nitrogens with zero attached hydrogens (tertiary/aromatic N) is 1. The molecule has 17 heavy (non-hydrogen) atoms. The standard InChI is InChI=1S/C10H7F2N3O2/c11-6-3-5(8(13)4-7(6)12)10(16)14-9-1-2-17-15-9/h1-4H,13H2,(H,14,15,16). The van der Waals surface area contributed by atoms with Gasteiger partial charge in [-0.25, -0.2) is 8.78 Å². The van der Waals surface area contributed by atoms with E-state index in [9.17, 15) is 13.6 Å². The van der Waals surface area contributed by atoms with Gasteiger partial charge in [0.05, 0.1) is 5.56 Å². The first-order valence-electron chi connectivity index (χ1n) is 4.54. The Morgan fingerprint density at radius 3 is 2.71 bits per heavy atom. The first-order valence-corrected chi connectivity index (χ1v) is 4.54. The molecule has 88 valence electrons. The quantitative estimate of drug-likeness (QED) is 0.783.